The summed E-state index contributed by atoms with van der Waals surface area (Å²) in [5.74, 6) is 0.614. The Hall–Kier alpha value is -3.31. The fraction of sp³-hybridized carbons (Fsp3) is 0.375. The minimum atomic E-state index is -0.586. The first-order chi connectivity index (χ1) is 16.8. The molecule has 10 nitrogen and oxygen atoms in total. The summed E-state index contributed by atoms with van der Waals surface area (Å²) in [4.78, 5) is 29.1. The summed E-state index contributed by atoms with van der Waals surface area (Å²) in [7, 11) is 0. The molecule has 3 aromatic heterocycles. The molecule has 3 atom stereocenters. The van der Waals surface area contributed by atoms with Crippen molar-refractivity contribution in [2.24, 2.45) is 5.92 Å². The first-order valence-electron chi connectivity index (χ1n) is 11.3. The Morgan fingerprint density at radius 3 is 2.86 bits per heavy atom. The van der Waals surface area contributed by atoms with Crippen LogP contribution in [0.5, 0.6) is 5.75 Å². The van der Waals surface area contributed by atoms with E-state index in [0.29, 0.717) is 24.0 Å². The summed E-state index contributed by atoms with van der Waals surface area (Å²) >= 11 is 3.45. The third-order valence-electron chi connectivity index (χ3n) is 6.99. The van der Waals surface area contributed by atoms with Crippen molar-refractivity contribution in [3.05, 3.63) is 47.6 Å². The molecule has 2 N–H and O–H groups in total. The summed E-state index contributed by atoms with van der Waals surface area (Å²) in [6, 6.07) is 7.91. The van der Waals surface area contributed by atoms with Crippen LogP contribution in [0.15, 0.2) is 47.6 Å². The van der Waals surface area contributed by atoms with Gasteiger partial charge in [-0.1, -0.05) is 6.92 Å². The Labute approximate surface area is 208 Å². The van der Waals surface area contributed by atoms with Gasteiger partial charge in [-0.25, -0.2) is 15.0 Å². The SMILES string of the molecule is CC(=O)O[C@H]1[C@H](n2cnc3c(N)ncnc32)O[C@]2(C[C@@H](Oc3ccc4cc(Br)cnc4c3)C2)[C@H]1C. The fourth-order valence-electron chi connectivity index (χ4n) is 5.19. The molecule has 0 radical (unpaired) electrons. The second kappa shape index (κ2) is 8.13. The number of benzene rings is 1. The molecule has 1 saturated heterocycles. The molecule has 1 aromatic carbocycles. The minimum Gasteiger partial charge on any atom is -0.490 e. The van der Waals surface area contributed by atoms with Crippen LogP contribution in [0.1, 0.15) is 32.9 Å². The van der Waals surface area contributed by atoms with Crippen molar-refractivity contribution < 1.29 is 19.0 Å². The van der Waals surface area contributed by atoms with E-state index in [9.17, 15) is 4.79 Å². The number of pyridine rings is 1. The molecule has 1 aliphatic heterocycles. The van der Waals surface area contributed by atoms with E-state index in [2.05, 4.69) is 35.9 Å². The number of nitrogen functional groups attached to an aromatic ring is 1. The lowest BCUT2D eigenvalue weighted by Crippen LogP contribution is -2.54. The topological polar surface area (TPSA) is 127 Å². The standard InChI is InChI=1S/C24H23BrN6O4/c1-12-20(33-13(2)32)23(31-11-30-19-21(26)28-10-29-22(19)31)35-24(12)7-17(8-24)34-16-4-3-14-5-15(25)9-27-18(14)6-16/h3-6,9-12,17,20,23H,7-8H2,1-2H3,(H2,26,28,29)/t12-,17-,20+,23+,24+/m0/s1. The normalized spacial score (nSPS) is 27.9. The van der Waals surface area contributed by atoms with Gasteiger partial charge in [-0.2, -0.15) is 0 Å². The smallest absolute Gasteiger partial charge is 0.303 e. The average Bonchev–Trinajstić information content (AvgIpc) is 3.34. The molecule has 180 valence electrons. The zero-order valence-corrected chi connectivity index (χ0v) is 20.7. The van der Waals surface area contributed by atoms with Crippen LogP contribution in [-0.2, 0) is 14.3 Å². The Morgan fingerprint density at radius 2 is 2.06 bits per heavy atom. The minimum absolute atomic E-state index is 0.0282. The number of nitrogens with two attached hydrogens (primary N) is 1. The molecule has 1 saturated carbocycles. The predicted octanol–water partition coefficient (Wildman–Crippen LogP) is 3.80. The second-order valence-corrected chi connectivity index (χ2v) is 10.1. The van der Waals surface area contributed by atoms with Crippen molar-refractivity contribution >= 4 is 49.8 Å². The van der Waals surface area contributed by atoms with Crippen LogP contribution >= 0.6 is 15.9 Å². The zero-order chi connectivity index (χ0) is 24.3. The van der Waals surface area contributed by atoms with E-state index in [-0.39, 0.29) is 23.8 Å². The van der Waals surface area contributed by atoms with E-state index in [1.807, 2.05) is 31.2 Å². The molecule has 0 bridgehead atoms. The van der Waals surface area contributed by atoms with E-state index < -0.39 is 17.9 Å². The van der Waals surface area contributed by atoms with Crippen molar-refractivity contribution in [3.8, 4) is 5.75 Å². The predicted molar refractivity (Wildman–Crippen MR) is 130 cm³/mol. The van der Waals surface area contributed by atoms with Gasteiger partial charge in [-0.15, -0.1) is 0 Å². The molecule has 2 aliphatic rings. The van der Waals surface area contributed by atoms with Crippen molar-refractivity contribution in [1.29, 1.82) is 0 Å². The van der Waals surface area contributed by atoms with E-state index in [1.165, 1.54) is 13.3 Å². The molecule has 0 unspecified atom stereocenters. The van der Waals surface area contributed by atoms with Gasteiger partial charge in [0, 0.05) is 47.8 Å². The molecule has 2 fully saturated rings. The van der Waals surface area contributed by atoms with Crippen LogP contribution in [0.25, 0.3) is 22.1 Å². The molecular weight excluding hydrogens is 516 g/mol. The number of rotatable bonds is 4. The summed E-state index contributed by atoms with van der Waals surface area (Å²) < 4.78 is 21.3. The van der Waals surface area contributed by atoms with Crippen LogP contribution in [0.2, 0.25) is 0 Å². The number of anilines is 1. The number of imidazole rings is 1. The number of ether oxygens (including phenoxy) is 3. The number of hydrogen-bond acceptors (Lipinski definition) is 9. The Bertz CT molecular complexity index is 1450. The van der Waals surface area contributed by atoms with Gasteiger partial charge < -0.3 is 19.9 Å². The van der Waals surface area contributed by atoms with Gasteiger partial charge in [0.25, 0.3) is 0 Å². The number of carbonyl (C=O) groups excluding carboxylic acids is 1. The lowest BCUT2D eigenvalue weighted by molar-refractivity contribution is -0.171. The fourth-order valence-corrected chi connectivity index (χ4v) is 5.54. The number of aromatic nitrogens is 5. The molecule has 0 amide bonds. The maximum atomic E-state index is 11.9. The zero-order valence-electron chi connectivity index (χ0n) is 19.1. The van der Waals surface area contributed by atoms with Crippen LogP contribution < -0.4 is 10.5 Å². The highest BCUT2D eigenvalue weighted by molar-refractivity contribution is 9.10. The number of esters is 1. The molecule has 35 heavy (non-hydrogen) atoms. The molecule has 4 aromatic rings. The third kappa shape index (κ3) is 3.69. The van der Waals surface area contributed by atoms with Gasteiger partial charge in [-0.05, 0) is 34.1 Å². The molecule has 1 aliphatic carbocycles. The highest BCUT2D eigenvalue weighted by atomic mass is 79.9. The van der Waals surface area contributed by atoms with Gasteiger partial charge in [-0.3, -0.25) is 14.3 Å². The number of halogens is 1. The van der Waals surface area contributed by atoms with Crippen molar-refractivity contribution in [1.82, 2.24) is 24.5 Å². The maximum absolute atomic E-state index is 11.9. The van der Waals surface area contributed by atoms with E-state index in [0.717, 1.165) is 21.1 Å². The number of hydrogen-bond donors (Lipinski definition) is 1. The summed E-state index contributed by atoms with van der Waals surface area (Å²) in [6.07, 6.45) is 4.97. The van der Waals surface area contributed by atoms with Crippen molar-refractivity contribution in [2.45, 2.75) is 50.7 Å². The van der Waals surface area contributed by atoms with Gasteiger partial charge in [0.15, 0.2) is 23.8 Å². The summed E-state index contributed by atoms with van der Waals surface area (Å²) in [5.41, 5.74) is 7.35. The van der Waals surface area contributed by atoms with E-state index in [4.69, 9.17) is 19.9 Å². The molecule has 4 heterocycles. The quantitative estimate of drug-likeness (QED) is 0.385. The summed E-state index contributed by atoms with van der Waals surface area (Å²) in [6.45, 7) is 3.45. The lowest BCUT2D eigenvalue weighted by Gasteiger charge is -2.46. The molecule has 6 rings (SSSR count). The van der Waals surface area contributed by atoms with Crippen molar-refractivity contribution in [2.75, 3.05) is 5.73 Å². The molecule has 11 heteroatoms. The number of carbonyl (C=O) groups is 1. The van der Waals surface area contributed by atoms with Crippen LogP contribution in [-0.4, -0.2) is 48.3 Å². The van der Waals surface area contributed by atoms with Gasteiger partial charge in [0.1, 0.15) is 23.7 Å². The Kier molecular flexibility index (Phi) is 5.15. The lowest BCUT2D eigenvalue weighted by atomic mass is 9.69. The third-order valence-corrected chi connectivity index (χ3v) is 7.43. The highest BCUT2D eigenvalue weighted by Gasteiger charge is 2.62. The van der Waals surface area contributed by atoms with Gasteiger partial charge in [0.05, 0.1) is 17.4 Å². The highest BCUT2D eigenvalue weighted by Crippen LogP contribution is 2.54. The number of fused-ring (bicyclic) bond motifs is 2. The largest absolute Gasteiger partial charge is 0.490 e. The van der Waals surface area contributed by atoms with Gasteiger partial charge in [0.2, 0.25) is 0 Å². The van der Waals surface area contributed by atoms with Crippen LogP contribution in [0, 0.1) is 5.92 Å². The first-order valence-corrected chi connectivity index (χ1v) is 12.1. The molecule has 1 spiro atoms. The first kappa shape index (κ1) is 22.2. The van der Waals surface area contributed by atoms with E-state index >= 15 is 0 Å². The van der Waals surface area contributed by atoms with Crippen LogP contribution in [0.3, 0.4) is 0 Å². The Morgan fingerprint density at radius 1 is 1.23 bits per heavy atom. The van der Waals surface area contributed by atoms with E-state index in [1.54, 1.807) is 17.1 Å². The maximum Gasteiger partial charge on any atom is 0.303 e. The monoisotopic (exact) mass is 538 g/mol. The van der Waals surface area contributed by atoms with Gasteiger partial charge >= 0.3 is 5.97 Å². The molecular formula is C24H23BrN6O4. The van der Waals surface area contributed by atoms with Crippen LogP contribution in [0.4, 0.5) is 5.82 Å². The second-order valence-electron chi connectivity index (χ2n) is 9.18. The summed E-state index contributed by atoms with van der Waals surface area (Å²) in [5, 5.41) is 1.04. The number of nitrogens with zero attached hydrogens (tertiary/aromatic N) is 5. The Balaban J connectivity index is 1.24. The van der Waals surface area contributed by atoms with Crippen molar-refractivity contribution in [3.63, 3.8) is 0 Å². The average molecular weight is 539 g/mol.